The Balaban J connectivity index is 2.35. The Morgan fingerprint density at radius 1 is 1.54 bits per heavy atom. The summed E-state index contributed by atoms with van der Waals surface area (Å²) < 4.78 is 4.70. The fourth-order valence-electron chi connectivity index (χ4n) is 1.09. The lowest BCUT2D eigenvalue weighted by Gasteiger charge is -2.25. The first kappa shape index (κ1) is 10.3. The van der Waals surface area contributed by atoms with Gasteiger partial charge in [-0.05, 0) is 18.3 Å². The molecule has 74 valence electrons. The number of aliphatic hydroxyl groups is 1. The maximum Gasteiger partial charge on any atom is 0.126 e. The van der Waals surface area contributed by atoms with E-state index >= 15 is 0 Å². The van der Waals surface area contributed by atoms with Gasteiger partial charge in [0, 0.05) is 5.56 Å². The third kappa shape index (κ3) is 3.19. The van der Waals surface area contributed by atoms with Crippen molar-refractivity contribution in [2.45, 2.75) is 39.7 Å². The van der Waals surface area contributed by atoms with Crippen molar-refractivity contribution < 1.29 is 9.63 Å². The van der Waals surface area contributed by atoms with Crippen LogP contribution >= 0.6 is 0 Å². The molecule has 1 atom stereocenters. The first-order valence-electron chi connectivity index (χ1n) is 4.56. The molecular weight excluding hydrogens is 166 g/mol. The summed E-state index contributed by atoms with van der Waals surface area (Å²) in [6.45, 7) is 6.10. The van der Waals surface area contributed by atoms with Gasteiger partial charge in [0.05, 0.1) is 12.3 Å². The summed E-state index contributed by atoms with van der Waals surface area (Å²) in [4.78, 5) is 0. The van der Waals surface area contributed by atoms with E-state index in [4.69, 9.17) is 4.52 Å². The molecule has 13 heavy (non-hydrogen) atoms. The number of aryl methyl sites for hydroxylation is 1. The van der Waals surface area contributed by atoms with Crippen molar-refractivity contribution in [1.29, 1.82) is 0 Å². The normalized spacial score (nSPS) is 14.5. The number of aliphatic hydroxyl groups excluding tert-OH is 1. The Kier molecular flexibility index (Phi) is 3.09. The van der Waals surface area contributed by atoms with E-state index < -0.39 is 0 Å². The molecule has 0 radical (unpaired) electrons. The number of rotatable bonds is 3. The summed E-state index contributed by atoms with van der Waals surface area (Å²) in [5.74, 6) is 0. The monoisotopic (exact) mass is 183 g/mol. The lowest BCUT2D eigenvalue weighted by Crippen LogP contribution is -2.26. The van der Waals surface area contributed by atoms with Gasteiger partial charge in [0.2, 0.25) is 0 Å². The zero-order chi connectivity index (χ0) is 9.90. The van der Waals surface area contributed by atoms with Crippen molar-refractivity contribution in [3.05, 3.63) is 18.0 Å². The SMILES string of the molecule is CC(C)(C)C(O)CCc1cnoc1. The summed E-state index contributed by atoms with van der Waals surface area (Å²) in [6.07, 6.45) is 4.61. The molecule has 0 saturated heterocycles. The van der Waals surface area contributed by atoms with Crippen LogP contribution in [0.1, 0.15) is 32.8 Å². The number of hydrogen-bond donors (Lipinski definition) is 1. The highest BCUT2D eigenvalue weighted by molar-refractivity contribution is 5.00. The minimum atomic E-state index is -0.276. The molecule has 0 amide bonds. The molecule has 0 spiro atoms. The summed E-state index contributed by atoms with van der Waals surface area (Å²) in [5, 5.41) is 13.3. The van der Waals surface area contributed by atoms with Gasteiger partial charge in [-0.1, -0.05) is 25.9 Å². The fraction of sp³-hybridized carbons (Fsp3) is 0.700. The van der Waals surface area contributed by atoms with E-state index in [1.54, 1.807) is 12.5 Å². The highest BCUT2D eigenvalue weighted by Crippen LogP contribution is 2.22. The van der Waals surface area contributed by atoms with Gasteiger partial charge in [0.1, 0.15) is 6.26 Å². The van der Waals surface area contributed by atoms with Crippen molar-refractivity contribution in [2.75, 3.05) is 0 Å². The highest BCUT2D eigenvalue weighted by Gasteiger charge is 2.21. The van der Waals surface area contributed by atoms with Gasteiger partial charge in [0.25, 0.3) is 0 Å². The number of nitrogens with zero attached hydrogens (tertiary/aromatic N) is 1. The number of hydrogen-bond acceptors (Lipinski definition) is 3. The lowest BCUT2D eigenvalue weighted by molar-refractivity contribution is 0.0560. The molecule has 0 aliphatic heterocycles. The van der Waals surface area contributed by atoms with Gasteiger partial charge >= 0.3 is 0 Å². The first-order valence-corrected chi connectivity index (χ1v) is 4.56. The smallest absolute Gasteiger partial charge is 0.126 e. The summed E-state index contributed by atoms with van der Waals surface area (Å²) in [5.41, 5.74) is 1.00. The molecule has 1 N–H and O–H groups in total. The van der Waals surface area contributed by atoms with E-state index in [2.05, 4.69) is 5.16 Å². The second-order valence-corrected chi connectivity index (χ2v) is 4.45. The lowest BCUT2D eigenvalue weighted by atomic mass is 9.86. The zero-order valence-corrected chi connectivity index (χ0v) is 8.45. The van der Waals surface area contributed by atoms with Crippen LogP contribution < -0.4 is 0 Å². The summed E-state index contributed by atoms with van der Waals surface area (Å²) in [6, 6.07) is 0. The molecular formula is C10H17NO2. The Bertz CT molecular complexity index is 236. The molecule has 3 heteroatoms. The zero-order valence-electron chi connectivity index (χ0n) is 8.45. The van der Waals surface area contributed by atoms with Gasteiger partial charge in [0.15, 0.2) is 0 Å². The molecule has 0 bridgehead atoms. The molecule has 0 saturated carbocycles. The van der Waals surface area contributed by atoms with E-state index in [0.717, 1.165) is 18.4 Å². The maximum absolute atomic E-state index is 9.73. The molecule has 3 nitrogen and oxygen atoms in total. The molecule has 0 fully saturated rings. The van der Waals surface area contributed by atoms with Crippen molar-refractivity contribution >= 4 is 0 Å². The summed E-state index contributed by atoms with van der Waals surface area (Å²) >= 11 is 0. The third-order valence-corrected chi connectivity index (χ3v) is 2.19. The van der Waals surface area contributed by atoms with Crippen LogP contribution in [0.5, 0.6) is 0 Å². The molecule has 1 heterocycles. The van der Waals surface area contributed by atoms with E-state index in [1.807, 2.05) is 20.8 Å². The van der Waals surface area contributed by atoms with E-state index in [0.29, 0.717) is 0 Å². The van der Waals surface area contributed by atoms with Crippen molar-refractivity contribution in [3.63, 3.8) is 0 Å². The molecule has 0 aromatic carbocycles. The predicted molar refractivity (Wildman–Crippen MR) is 50.3 cm³/mol. The largest absolute Gasteiger partial charge is 0.393 e. The topological polar surface area (TPSA) is 46.3 Å². The van der Waals surface area contributed by atoms with E-state index in [9.17, 15) is 5.11 Å². The Morgan fingerprint density at radius 3 is 2.69 bits per heavy atom. The van der Waals surface area contributed by atoms with Gasteiger partial charge in [-0.3, -0.25) is 0 Å². The van der Waals surface area contributed by atoms with Crippen LogP contribution in [0.15, 0.2) is 17.0 Å². The standard InChI is InChI=1S/C10H17NO2/c1-10(2,3)9(12)5-4-8-6-11-13-7-8/h6-7,9,12H,4-5H2,1-3H3. The van der Waals surface area contributed by atoms with Crippen LogP contribution in [0, 0.1) is 5.41 Å². The van der Waals surface area contributed by atoms with Gasteiger partial charge in [-0.25, -0.2) is 0 Å². The van der Waals surface area contributed by atoms with Crippen LogP contribution in [0.25, 0.3) is 0 Å². The van der Waals surface area contributed by atoms with Crippen molar-refractivity contribution in [2.24, 2.45) is 5.41 Å². The van der Waals surface area contributed by atoms with E-state index in [-0.39, 0.29) is 11.5 Å². The quantitative estimate of drug-likeness (QED) is 0.779. The average molecular weight is 183 g/mol. The maximum atomic E-state index is 9.73. The fourth-order valence-corrected chi connectivity index (χ4v) is 1.09. The summed E-state index contributed by atoms with van der Waals surface area (Å²) in [7, 11) is 0. The minimum Gasteiger partial charge on any atom is -0.393 e. The van der Waals surface area contributed by atoms with Crippen molar-refractivity contribution in [1.82, 2.24) is 5.16 Å². The van der Waals surface area contributed by atoms with Gasteiger partial charge in [-0.2, -0.15) is 0 Å². The highest BCUT2D eigenvalue weighted by atomic mass is 16.5. The predicted octanol–water partition coefficient (Wildman–Crippen LogP) is 2.01. The molecule has 0 aliphatic carbocycles. The Hall–Kier alpha value is -0.830. The van der Waals surface area contributed by atoms with Crippen molar-refractivity contribution in [3.8, 4) is 0 Å². The van der Waals surface area contributed by atoms with Gasteiger partial charge < -0.3 is 9.63 Å². The third-order valence-electron chi connectivity index (χ3n) is 2.19. The van der Waals surface area contributed by atoms with Gasteiger partial charge in [-0.15, -0.1) is 0 Å². The Morgan fingerprint density at radius 2 is 2.23 bits per heavy atom. The van der Waals surface area contributed by atoms with Crippen LogP contribution in [0.4, 0.5) is 0 Å². The Labute approximate surface area is 78.7 Å². The average Bonchev–Trinajstić information content (AvgIpc) is 2.50. The molecule has 1 aromatic rings. The van der Waals surface area contributed by atoms with Crippen LogP contribution in [-0.2, 0) is 6.42 Å². The van der Waals surface area contributed by atoms with Crippen LogP contribution in [-0.4, -0.2) is 16.4 Å². The first-order chi connectivity index (χ1) is 6.00. The molecule has 1 unspecified atom stereocenters. The van der Waals surface area contributed by atoms with E-state index in [1.165, 1.54) is 0 Å². The second kappa shape index (κ2) is 3.92. The molecule has 1 rings (SSSR count). The molecule has 1 aromatic heterocycles. The van der Waals surface area contributed by atoms with Crippen LogP contribution in [0.3, 0.4) is 0 Å². The number of aromatic nitrogens is 1. The van der Waals surface area contributed by atoms with Crippen LogP contribution in [0.2, 0.25) is 0 Å². The molecule has 0 aliphatic rings. The second-order valence-electron chi connectivity index (χ2n) is 4.45. The minimum absolute atomic E-state index is 0.0445.